The second-order valence-electron chi connectivity index (χ2n) is 9.60. The predicted molar refractivity (Wildman–Crippen MR) is 136 cm³/mol. The fourth-order valence-electron chi connectivity index (χ4n) is 4.03. The Morgan fingerprint density at radius 1 is 1.06 bits per heavy atom. The van der Waals surface area contributed by atoms with E-state index in [0.717, 1.165) is 52.3 Å². The van der Waals surface area contributed by atoms with Crippen LogP contribution in [-0.4, -0.2) is 58.8 Å². The monoisotopic (exact) mass is 496 g/mol. The number of aromatic amines is 1. The number of nitrogens with zero attached hydrogens (tertiary/aromatic N) is 2. The molecule has 0 radical (unpaired) electrons. The lowest BCUT2D eigenvalue weighted by atomic mass is 10.1. The predicted octanol–water partition coefficient (Wildman–Crippen LogP) is 4.79. The topological polar surface area (TPSA) is 101 Å². The Balaban J connectivity index is 1.46. The first-order chi connectivity index (χ1) is 16.7. The first-order valence-electron chi connectivity index (χ1n) is 11.7. The van der Waals surface area contributed by atoms with Crippen LogP contribution in [0.4, 0.5) is 4.79 Å². The summed E-state index contributed by atoms with van der Waals surface area (Å²) in [6.07, 6.45) is 0.202. The fourth-order valence-corrected chi connectivity index (χ4v) is 5.09. The van der Waals surface area contributed by atoms with Gasteiger partial charge >= 0.3 is 6.16 Å². The van der Waals surface area contributed by atoms with Crippen LogP contribution in [-0.2, 0) is 16.1 Å². The van der Waals surface area contributed by atoms with Crippen molar-refractivity contribution >= 4 is 34.7 Å². The molecule has 8 nitrogen and oxygen atoms in total. The van der Waals surface area contributed by atoms with E-state index in [1.807, 2.05) is 57.2 Å². The maximum absolute atomic E-state index is 12.1. The highest BCUT2D eigenvalue weighted by Gasteiger charge is 2.23. The van der Waals surface area contributed by atoms with E-state index < -0.39 is 17.7 Å². The van der Waals surface area contributed by atoms with Crippen LogP contribution < -0.4 is 5.73 Å². The third-order valence-electron chi connectivity index (χ3n) is 5.57. The summed E-state index contributed by atoms with van der Waals surface area (Å²) in [5.41, 5.74) is 7.54. The summed E-state index contributed by atoms with van der Waals surface area (Å²) in [4.78, 5) is 36.9. The van der Waals surface area contributed by atoms with Gasteiger partial charge in [0.05, 0.1) is 4.90 Å². The Labute approximate surface area is 209 Å². The lowest BCUT2D eigenvalue weighted by molar-refractivity contribution is -0.140. The number of benzene rings is 2. The van der Waals surface area contributed by atoms with Crippen LogP contribution in [0.1, 0.15) is 43.2 Å². The molecule has 1 saturated heterocycles. The summed E-state index contributed by atoms with van der Waals surface area (Å²) in [6, 6.07) is 16.1. The van der Waals surface area contributed by atoms with Crippen LogP contribution in [0.2, 0.25) is 0 Å². The highest BCUT2D eigenvalue weighted by Crippen LogP contribution is 2.37. The van der Waals surface area contributed by atoms with Gasteiger partial charge in [-0.1, -0.05) is 36.0 Å². The second kappa shape index (κ2) is 10.7. The van der Waals surface area contributed by atoms with Crippen molar-refractivity contribution in [1.82, 2.24) is 14.9 Å². The van der Waals surface area contributed by atoms with Gasteiger partial charge in [0, 0.05) is 42.0 Å². The number of hydroxylamine groups is 2. The minimum absolute atomic E-state index is 0.427. The molecule has 0 unspecified atom stereocenters. The molecule has 3 N–H and O–H groups in total. The van der Waals surface area contributed by atoms with Gasteiger partial charge in [-0.15, -0.1) is 5.06 Å². The number of H-pyrrole nitrogens is 1. The molecule has 4 rings (SSSR count). The van der Waals surface area contributed by atoms with Crippen LogP contribution in [0, 0.1) is 0 Å². The van der Waals surface area contributed by atoms with Crippen LogP contribution >= 0.6 is 11.8 Å². The molecule has 186 valence electrons. The zero-order valence-electron chi connectivity index (χ0n) is 20.4. The average molecular weight is 497 g/mol. The number of nitrogens with one attached hydrogen (secondary N) is 1. The van der Waals surface area contributed by atoms with Gasteiger partial charge in [-0.25, -0.2) is 4.79 Å². The summed E-state index contributed by atoms with van der Waals surface area (Å²) in [7, 11) is 0. The number of carbonyl (C=O) groups is 2. The maximum Gasteiger partial charge on any atom is 0.528 e. The van der Waals surface area contributed by atoms with Crippen molar-refractivity contribution in [2.75, 3.05) is 26.2 Å². The molecule has 3 aromatic rings. The number of nitrogens with two attached hydrogens (primary N) is 1. The lowest BCUT2D eigenvalue weighted by Gasteiger charge is -2.23. The number of hydrogen-bond donors (Lipinski definition) is 2. The summed E-state index contributed by atoms with van der Waals surface area (Å²) in [5, 5.41) is 2.66. The van der Waals surface area contributed by atoms with Crippen molar-refractivity contribution in [3.63, 3.8) is 0 Å². The quantitative estimate of drug-likeness (QED) is 0.473. The summed E-state index contributed by atoms with van der Waals surface area (Å²) in [5.74, 6) is -0.473. The molecule has 0 atom stereocenters. The van der Waals surface area contributed by atoms with Gasteiger partial charge < -0.3 is 20.3 Å². The molecule has 2 aromatic carbocycles. The Bertz CT molecular complexity index is 1190. The summed E-state index contributed by atoms with van der Waals surface area (Å²) >= 11 is 1.53. The first kappa shape index (κ1) is 25.1. The normalized spacial score (nSPS) is 15.6. The SMILES string of the molecule is CC(C)(C)OC(=O)ON1CCCN(Cc2ccc3[nH]c(C(N)=O)c(Sc4ccccc4)c3c2)CC1. The zero-order valence-corrected chi connectivity index (χ0v) is 21.2. The third-order valence-corrected chi connectivity index (χ3v) is 6.71. The van der Waals surface area contributed by atoms with E-state index in [2.05, 4.69) is 22.0 Å². The Morgan fingerprint density at radius 2 is 1.83 bits per heavy atom. The van der Waals surface area contributed by atoms with Gasteiger partial charge in [-0.2, -0.15) is 0 Å². The van der Waals surface area contributed by atoms with Gasteiger partial charge in [0.2, 0.25) is 0 Å². The third kappa shape index (κ3) is 6.78. The van der Waals surface area contributed by atoms with E-state index in [9.17, 15) is 9.59 Å². The number of aromatic nitrogens is 1. The van der Waals surface area contributed by atoms with Crippen molar-refractivity contribution in [2.45, 2.75) is 49.1 Å². The lowest BCUT2D eigenvalue weighted by Crippen LogP contribution is -2.34. The molecule has 1 fully saturated rings. The fraction of sp³-hybridized carbons (Fsp3) is 0.385. The van der Waals surface area contributed by atoms with E-state index in [1.54, 1.807) is 5.06 Å². The minimum atomic E-state index is -0.669. The highest BCUT2D eigenvalue weighted by molar-refractivity contribution is 7.99. The molecular formula is C26H32N4O4S. The van der Waals surface area contributed by atoms with E-state index in [-0.39, 0.29) is 0 Å². The Morgan fingerprint density at radius 3 is 2.54 bits per heavy atom. The van der Waals surface area contributed by atoms with Gasteiger partial charge in [-0.3, -0.25) is 9.69 Å². The Hall–Kier alpha value is -3.01. The number of carbonyl (C=O) groups excluding carboxylic acids is 2. The van der Waals surface area contributed by atoms with E-state index >= 15 is 0 Å². The second-order valence-corrected chi connectivity index (χ2v) is 10.7. The summed E-state index contributed by atoms with van der Waals surface area (Å²) < 4.78 is 5.26. The smallest absolute Gasteiger partial charge is 0.427 e. The van der Waals surface area contributed by atoms with Gasteiger partial charge in [0.15, 0.2) is 0 Å². The molecule has 1 aromatic heterocycles. The molecule has 1 aliphatic rings. The molecule has 0 aliphatic carbocycles. The molecule has 2 heterocycles. The molecular weight excluding hydrogens is 464 g/mol. The van der Waals surface area contributed by atoms with Crippen molar-refractivity contribution in [3.8, 4) is 0 Å². The Kier molecular flexibility index (Phi) is 7.69. The first-order valence-corrected chi connectivity index (χ1v) is 12.6. The molecule has 1 aliphatic heterocycles. The number of ether oxygens (including phenoxy) is 1. The molecule has 0 saturated carbocycles. The van der Waals surface area contributed by atoms with E-state index in [4.69, 9.17) is 15.3 Å². The van der Waals surface area contributed by atoms with Crippen LogP contribution in [0.5, 0.6) is 0 Å². The van der Waals surface area contributed by atoms with Crippen LogP contribution in [0.3, 0.4) is 0 Å². The van der Waals surface area contributed by atoms with Gasteiger partial charge in [0.25, 0.3) is 5.91 Å². The zero-order chi connectivity index (χ0) is 25.0. The highest BCUT2D eigenvalue weighted by atomic mass is 32.2. The number of rotatable bonds is 6. The van der Waals surface area contributed by atoms with Crippen molar-refractivity contribution in [2.24, 2.45) is 5.73 Å². The largest absolute Gasteiger partial charge is 0.528 e. The summed E-state index contributed by atoms with van der Waals surface area (Å²) in [6.45, 7) is 9.10. The minimum Gasteiger partial charge on any atom is -0.427 e. The van der Waals surface area contributed by atoms with Crippen molar-refractivity contribution in [1.29, 1.82) is 0 Å². The van der Waals surface area contributed by atoms with Gasteiger partial charge in [0.1, 0.15) is 11.3 Å². The van der Waals surface area contributed by atoms with Crippen LogP contribution in [0.15, 0.2) is 58.3 Å². The molecule has 0 spiro atoms. The molecule has 1 amide bonds. The number of amides is 1. The molecule has 0 bridgehead atoms. The average Bonchev–Trinajstić information content (AvgIpc) is 2.99. The van der Waals surface area contributed by atoms with Crippen molar-refractivity contribution in [3.05, 3.63) is 59.8 Å². The number of fused-ring (bicyclic) bond motifs is 1. The van der Waals surface area contributed by atoms with E-state index in [0.29, 0.717) is 18.8 Å². The molecule has 35 heavy (non-hydrogen) atoms. The number of primary amides is 1. The number of hydrogen-bond acceptors (Lipinski definition) is 7. The maximum atomic E-state index is 12.1. The van der Waals surface area contributed by atoms with E-state index in [1.165, 1.54) is 11.8 Å². The van der Waals surface area contributed by atoms with Gasteiger partial charge in [-0.05, 0) is 63.6 Å². The standard InChI is InChI=1S/C26H32N4O4S/c1-26(2,3)33-25(32)34-30-13-7-12-29(14-15-30)17-18-10-11-21-20(16-18)23(22(28-21)24(27)31)35-19-8-5-4-6-9-19/h4-6,8-11,16,28H,7,12-15,17H2,1-3H3,(H2,27,31). The van der Waals surface area contributed by atoms with Crippen LogP contribution in [0.25, 0.3) is 10.9 Å². The molecule has 9 heteroatoms. The van der Waals surface area contributed by atoms with Crippen molar-refractivity contribution < 1.29 is 19.2 Å².